The van der Waals surface area contributed by atoms with Gasteiger partial charge >= 0.3 is 6.09 Å². The van der Waals surface area contributed by atoms with Crippen LogP contribution in [0.2, 0.25) is 0 Å². The third kappa shape index (κ3) is 2.50. The zero-order valence-corrected chi connectivity index (χ0v) is 9.81. The third-order valence-electron chi connectivity index (χ3n) is 2.23. The second-order valence-corrected chi connectivity index (χ2v) is 4.72. The van der Waals surface area contributed by atoms with Crippen LogP contribution in [-0.2, 0) is 14.3 Å². The fourth-order valence-electron chi connectivity index (χ4n) is 1.41. The van der Waals surface area contributed by atoms with Gasteiger partial charge in [0.05, 0.1) is 6.04 Å². The quantitative estimate of drug-likeness (QED) is 0.543. The minimum atomic E-state index is -0.667. The number of imide groups is 1. The second-order valence-electron chi connectivity index (χ2n) is 4.72. The first kappa shape index (κ1) is 12.5. The lowest BCUT2D eigenvalue weighted by Gasteiger charge is -2.41. The van der Waals surface area contributed by atoms with Gasteiger partial charge in [-0.2, -0.15) is 0 Å². The Bertz CT molecular complexity index is 321. The highest BCUT2D eigenvalue weighted by molar-refractivity contribution is 5.99. The van der Waals surface area contributed by atoms with Crippen LogP contribution in [0.15, 0.2) is 0 Å². The first-order chi connectivity index (χ1) is 7.26. The summed E-state index contributed by atoms with van der Waals surface area (Å²) in [5.41, 5.74) is -0.607. The van der Waals surface area contributed by atoms with E-state index in [0.29, 0.717) is 6.41 Å². The van der Waals surface area contributed by atoms with Crippen LogP contribution in [0, 0.1) is 0 Å². The Morgan fingerprint density at radius 2 is 2.06 bits per heavy atom. The summed E-state index contributed by atoms with van der Waals surface area (Å²) < 4.78 is 5.00. The summed E-state index contributed by atoms with van der Waals surface area (Å²) in [6.07, 6.45) is -0.191. The molecule has 3 amide bonds. The van der Waals surface area contributed by atoms with Crippen molar-refractivity contribution in [1.82, 2.24) is 10.2 Å². The van der Waals surface area contributed by atoms with Crippen molar-refractivity contribution in [1.29, 1.82) is 0 Å². The minimum Gasteiger partial charge on any atom is -0.444 e. The number of ether oxygens (including phenoxy) is 1. The number of β-lactam (4-membered cyclic amide) rings is 1. The molecule has 2 atom stereocenters. The number of hydrogen-bond donors (Lipinski definition) is 1. The van der Waals surface area contributed by atoms with Gasteiger partial charge in [0.15, 0.2) is 0 Å². The fraction of sp³-hybridized carbons (Fsp3) is 0.700. The molecule has 1 rings (SSSR count). The number of likely N-dealkylation sites (tertiary alicyclic amines) is 1. The number of carbonyl (C=O) groups excluding carboxylic acids is 3. The van der Waals surface area contributed by atoms with Crippen LogP contribution >= 0.6 is 0 Å². The maximum Gasteiger partial charge on any atom is 0.408 e. The topological polar surface area (TPSA) is 75.7 Å². The fourth-order valence-corrected chi connectivity index (χ4v) is 1.41. The van der Waals surface area contributed by atoms with E-state index in [-0.39, 0.29) is 6.04 Å². The molecule has 1 N–H and O–H groups in total. The maximum absolute atomic E-state index is 11.4. The highest BCUT2D eigenvalue weighted by Gasteiger charge is 2.45. The lowest BCUT2D eigenvalue weighted by molar-refractivity contribution is -0.154. The zero-order chi connectivity index (χ0) is 12.5. The molecule has 1 aliphatic rings. The molecule has 1 fully saturated rings. The average molecular weight is 228 g/mol. The van der Waals surface area contributed by atoms with Gasteiger partial charge in [-0.15, -0.1) is 0 Å². The van der Waals surface area contributed by atoms with Crippen molar-refractivity contribution in [3.05, 3.63) is 0 Å². The number of hydrogen-bond acceptors (Lipinski definition) is 4. The zero-order valence-electron chi connectivity index (χ0n) is 9.81. The predicted molar refractivity (Wildman–Crippen MR) is 55.5 cm³/mol. The van der Waals surface area contributed by atoms with E-state index in [1.165, 1.54) is 0 Å². The van der Waals surface area contributed by atoms with Crippen LogP contribution in [0.25, 0.3) is 0 Å². The third-order valence-corrected chi connectivity index (χ3v) is 2.23. The molecule has 6 nitrogen and oxygen atoms in total. The number of carbonyl (C=O) groups is 3. The Labute approximate surface area is 93.9 Å². The predicted octanol–water partition coefficient (Wildman–Crippen LogP) is 0.267. The Hall–Kier alpha value is -1.59. The summed E-state index contributed by atoms with van der Waals surface area (Å²) in [4.78, 5) is 34.1. The van der Waals surface area contributed by atoms with Crippen molar-refractivity contribution >= 4 is 18.4 Å². The molecule has 90 valence electrons. The van der Waals surface area contributed by atoms with E-state index >= 15 is 0 Å². The molecule has 0 spiro atoms. The molecule has 0 aliphatic carbocycles. The Morgan fingerprint density at radius 3 is 2.44 bits per heavy atom. The molecule has 1 saturated heterocycles. The van der Waals surface area contributed by atoms with Gasteiger partial charge in [-0.05, 0) is 27.7 Å². The van der Waals surface area contributed by atoms with Gasteiger partial charge in [-0.3, -0.25) is 14.5 Å². The largest absolute Gasteiger partial charge is 0.444 e. The first-order valence-electron chi connectivity index (χ1n) is 5.03. The number of nitrogens with zero attached hydrogens (tertiary/aromatic N) is 1. The number of alkyl carbamates (subject to hydrolysis) is 1. The van der Waals surface area contributed by atoms with Gasteiger partial charge in [0.2, 0.25) is 6.41 Å². The van der Waals surface area contributed by atoms with Gasteiger partial charge in [0, 0.05) is 0 Å². The maximum atomic E-state index is 11.4. The molecule has 2 unspecified atom stereocenters. The Kier molecular flexibility index (Phi) is 3.21. The molecular weight excluding hydrogens is 212 g/mol. The highest BCUT2D eigenvalue weighted by atomic mass is 16.6. The van der Waals surface area contributed by atoms with Crippen LogP contribution < -0.4 is 5.32 Å². The SMILES string of the molecule is CC1C(NC(=O)OC(C)(C)C)C(=O)N1C=O. The normalized spacial score (nSPS) is 24.8. The van der Waals surface area contributed by atoms with E-state index in [2.05, 4.69) is 5.32 Å². The van der Waals surface area contributed by atoms with E-state index < -0.39 is 23.6 Å². The van der Waals surface area contributed by atoms with Gasteiger partial charge in [-0.25, -0.2) is 4.79 Å². The molecular formula is C10H16N2O4. The molecule has 0 aromatic carbocycles. The summed E-state index contributed by atoms with van der Waals surface area (Å²) in [6, 6.07) is -0.988. The van der Waals surface area contributed by atoms with Gasteiger partial charge in [0.1, 0.15) is 11.6 Å². The smallest absolute Gasteiger partial charge is 0.408 e. The summed E-state index contributed by atoms with van der Waals surface area (Å²) in [6.45, 7) is 6.88. The van der Waals surface area contributed by atoms with Crippen molar-refractivity contribution < 1.29 is 19.1 Å². The van der Waals surface area contributed by atoms with E-state index in [4.69, 9.17) is 4.74 Å². The van der Waals surface area contributed by atoms with E-state index in [1.54, 1.807) is 27.7 Å². The second kappa shape index (κ2) is 4.11. The van der Waals surface area contributed by atoms with Crippen LogP contribution in [0.1, 0.15) is 27.7 Å². The average Bonchev–Trinajstić information content (AvgIpc) is 2.12. The summed E-state index contributed by atoms with van der Waals surface area (Å²) in [7, 11) is 0. The van der Waals surface area contributed by atoms with E-state index in [0.717, 1.165) is 4.90 Å². The standard InChI is InChI=1S/C10H16N2O4/c1-6-7(8(14)12(6)5-13)11-9(15)16-10(2,3)4/h5-7H,1-4H3,(H,11,15). The van der Waals surface area contributed by atoms with Crippen molar-refractivity contribution in [2.45, 2.75) is 45.4 Å². The van der Waals surface area contributed by atoms with Crippen molar-refractivity contribution in [2.75, 3.05) is 0 Å². The lowest BCUT2D eigenvalue weighted by Crippen LogP contribution is -2.69. The lowest BCUT2D eigenvalue weighted by atomic mass is 9.98. The minimum absolute atomic E-state index is 0.322. The monoisotopic (exact) mass is 228 g/mol. The van der Waals surface area contributed by atoms with Crippen LogP contribution in [-0.4, -0.2) is 41.0 Å². The highest BCUT2D eigenvalue weighted by Crippen LogP contribution is 2.18. The number of rotatable bonds is 2. The number of nitrogens with one attached hydrogen (secondary N) is 1. The molecule has 0 bridgehead atoms. The van der Waals surface area contributed by atoms with Gasteiger partial charge in [0.25, 0.3) is 5.91 Å². The van der Waals surface area contributed by atoms with E-state index in [9.17, 15) is 14.4 Å². The molecule has 0 radical (unpaired) electrons. The summed E-state index contributed by atoms with van der Waals surface area (Å²) in [5, 5.41) is 2.43. The molecule has 0 saturated carbocycles. The van der Waals surface area contributed by atoms with Gasteiger partial charge in [-0.1, -0.05) is 0 Å². The molecule has 1 aliphatic heterocycles. The molecule has 0 aromatic rings. The number of amides is 3. The Balaban J connectivity index is 2.48. The van der Waals surface area contributed by atoms with Crippen LogP contribution in [0.5, 0.6) is 0 Å². The van der Waals surface area contributed by atoms with E-state index in [1.807, 2.05) is 0 Å². The van der Waals surface area contributed by atoms with Crippen LogP contribution in [0.4, 0.5) is 4.79 Å². The molecule has 1 heterocycles. The Morgan fingerprint density at radius 1 is 1.50 bits per heavy atom. The summed E-state index contributed by atoms with van der Waals surface area (Å²) in [5.74, 6) is -0.409. The molecule has 0 aromatic heterocycles. The van der Waals surface area contributed by atoms with Gasteiger partial charge < -0.3 is 10.1 Å². The summed E-state index contributed by atoms with van der Waals surface area (Å²) >= 11 is 0. The van der Waals surface area contributed by atoms with Crippen LogP contribution in [0.3, 0.4) is 0 Å². The van der Waals surface area contributed by atoms with Crippen molar-refractivity contribution in [3.63, 3.8) is 0 Å². The van der Waals surface area contributed by atoms with Crippen molar-refractivity contribution in [2.24, 2.45) is 0 Å². The molecule has 6 heteroatoms. The first-order valence-corrected chi connectivity index (χ1v) is 5.03. The molecule has 16 heavy (non-hydrogen) atoms. The van der Waals surface area contributed by atoms with Crippen molar-refractivity contribution in [3.8, 4) is 0 Å².